The maximum absolute atomic E-state index is 5.66. The Morgan fingerprint density at radius 1 is 1.38 bits per heavy atom. The number of rotatable bonds is 3. The van der Waals surface area contributed by atoms with Crippen molar-refractivity contribution in [3.8, 4) is 0 Å². The number of aromatic nitrogens is 3. The van der Waals surface area contributed by atoms with Crippen LogP contribution < -0.4 is 0 Å². The predicted octanol–water partition coefficient (Wildman–Crippen LogP) is 2.32. The van der Waals surface area contributed by atoms with Crippen LogP contribution in [0.25, 0.3) is 0 Å². The quantitative estimate of drug-likeness (QED) is 0.873. The predicted molar refractivity (Wildman–Crippen MR) is 83.8 cm³/mol. The van der Waals surface area contributed by atoms with Crippen molar-refractivity contribution in [2.45, 2.75) is 33.4 Å². The summed E-state index contributed by atoms with van der Waals surface area (Å²) in [4.78, 5) is 6.90. The van der Waals surface area contributed by atoms with Crippen LogP contribution in [0, 0.1) is 20.8 Å². The molecular formula is C15H22N4OS. The van der Waals surface area contributed by atoms with Crippen LogP contribution in [0.5, 0.6) is 0 Å². The first kappa shape index (κ1) is 14.7. The summed E-state index contributed by atoms with van der Waals surface area (Å²) in [5.74, 6) is 0. The molecule has 0 spiro atoms. The van der Waals surface area contributed by atoms with Crippen molar-refractivity contribution < 1.29 is 4.74 Å². The van der Waals surface area contributed by atoms with E-state index in [9.17, 15) is 0 Å². The number of morpholine rings is 1. The fourth-order valence-electron chi connectivity index (χ4n) is 2.97. The molecule has 1 unspecified atom stereocenters. The van der Waals surface area contributed by atoms with Gasteiger partial charge in [0.25, 0.3) is 0 Å². The molecule has 2 aromatic heterocycles. The van der Waals surface area contributed by atoms with E-state index in [1.54, 1.807) is 11.3 Å². The van der Waals surface area contributed by atoms with E-state index in [4.69, 9.17) is 9.84 Å². The first-order valence-corrected chi connectivity index (χ1v) is 8.17. The van der Waals surface area contributed by atoms with Gasteiger partial charge in [0.2, 0.25) is 0 Å². The molecule has 2 aromatic rings. The van der Waals surface area contributed by atoms with E-state index in [0.717, 1.165) is 42.7 Å². The van der Waals surface area contributed by atoms with Gasteiger partial charge in [-0.3, -0.25) is 9.58 Å². The Morgan fingerprint density at radius 3 is 2.86 bits per heavy atom. The minimum absolute atomic E-state index is 0.310. The molecule has 0 aliphatic carbocycles. The van der Waals surface area contributed by atoms with Crippen LogP contribution in [0.3, 0.4) is 0 Å². The second-order valence-electron chi connectivity index (χ2n) is 5.67. The van der Waals surface area contributed by atoms with Crippen molar-refractivity contribution in [2.24, 2.45) is 0 Å². The molecule has 0 aromatic carbocycles. The van der Waals surface area contributed by atoms with E-state index in [1.165, 1.54) is 11.3 Å². The Bertz CT molecular complexity index is 634. The largest absolute Gasteiger partial charge is 0.378 e. The summed E-state index contributed by atoms with van der Waals surface area (Å²) in [6.07, 6.45) is 0. The lowest BCUT2D eigenvalue weighted by molar-refractivity contribution is 0.00457. The summed E-state index contributed by atoms with van der Waals surface area (Å²) in [5.41, 5.74) is 4.72. The number of hydrogen-bond acceptors (Lipinski definition) is 5. The Balaban J connectivity index is 1.88. The molecule has 114 valence electrons. The van der Waals surface area contributed by atoms with Crippen LogP contribution in [0.2, 0.25) is 0 Å². The Labute approximate surface area is 129 Å². The highest BCUT2D eigenvalue weighted by molar-refractivity contribution is 7.09. The molecule has 1 aliphatic rings. The van der Waals surface area contributed by atoms with Gasteiger partial charge in [0.15, 0.2) is 0 Å². The molecule has 3 rings (SSSR count). The smallest absolute Gasteiger partial charge is 0.0898 e. The van der Waals surface area contributed by atoms with E-state index in [0.29, 0.717) is 6.04 Å². The molecule has 1 aliphatic heterocycles. The molecule has 1 atom stereocenters. The highest BCUT2D eigenvalue weighted by atomic mass is 32.1. The molecule has 0 radical (unpaired) electrons. The summed E-state index contributed by atoms with van der Waals surface area (Å²) in [5, 5.41) is 7.94. The average molecular weight is 306 g/mol. The maximum Gasteiger partial charge on any atom is 0.0898 e. The van der Waals surface area contributed by atoms with Gasteiger partial charge in [0.05, 0.1) is 42.2 Å². The number of hydrogen-bond donors (Lipinski definition) is 0. The summed E-state index contributed by atoms with van der Waals surface area (Å²) < 4.78 is 7.73. The van der Waals surface area contributed by atoms with Crippen molar-refractivity contribution >= 4 is 11.3 Å². The molecule has 0 bridgehead atoms. The first-order valence-electron chi connectivity index (χ1n) is 7.29. The number of nitrogens with zero attached hydrogens (tertiary/aromatic N) is 4. The number of likely N-dealkylation sites (N-methyl/N-ethyl adjacent to an activating group) is 1. The van der Waals surface area contributed by atoms with Gasteiger partial charge in [-0.15, -0.1) is 11.3 Å². The van der Waals surface area contributed by atoms with Gasteiger partial charge < -0.3 is 4.74 Å². The van der Waals surface area contributed by atoms with Gasteiger partial charge in [0, 0.05) is 23.2 Å². The van der Waals surface area contributed by atoms with Gasteiger partial charge in [-0.1, -0.05) is 0 Å². The molecule has 0 saturated carbocycles. The molecule has 5 nitrogen and oxygen atoms in total. The van der Waals surface area contributed by atoms with E-state index >= 15 is 0 Å². The van der Waals surface area contributed by atoms with Crippen LogP contribution in [-0.4, -0.2) is 46.5 Å². The zero-order valence-corrected chi connectivity index (χ0v) is 13.9. The van der Waals surface area contributed by atoms with Crippen LogP contribution in [0.1, 0.15) is 33.7 Å². The van der Waals surface area contributed by atoms with Gasteiger partial charge in [-0.2, -0.15) is 5.10 Å². The molecule has 6 heteroatoms. The fourth-order valence-corrected chi connectivity index (χ4v) is 3.58. The van der Waals surface area contributed by atoms with Gasteiger partial charge >= 0.3 is 0 Å². The first-order chi connectivity index (χ1) is 10.1. The SMILES string of the molecule is Cc1nc(Cn2nc(C)c(C3COCCN3C)c2C)cs1. The van der Waals surface area contributed by atoms with Crippen molar-refractivity contribution in [1.29, 1.82) is 0 Å². The standard InChI is InChI=1S/C15H22N4OS/c1-10-15(14-8-20-6-5-18(14)4)11(2)19(17-10)7-13-9-21-12(3)16-13/h9,14H,5-8H2,1-4H3. The summed E-state index contributed by atoms with van der Waals surface area (Å²) >= 11 is 1.69. The van der Waals surface area contributed by atoms with Gasteiger partial charge in [0.1, 0.15) is 0 Å². The molecule has 1 fully saturated rings. The Kier molecular flexibility index (Phi) is 4.10. The molecule has 0 amide bonds. The Hall–Kier alpha value is -1.24. The third kappa shape index (κ3) is 2.88. The second-order valence-corrected chi connectivity index (χ2v) is 6.73. The van der Waals surface area contributed by atoms with Crippen molar-refractivity contribution in [3.05, 3.63) is 33.0 Å². The molecule has 3 heterocycles. The van der Waals surface area contributed by atoms with Crippen LogP contribution in [-0.2, 0) is 11.3 Å². The third-order valence-electron chi connectivity index (χ3n) is 4.15. The van der Waals surface area contributed by atoms with E-state index in [2.05, 4.69) is 40.8 Å². The van der Waals surface area contributed by atoms with E-state index in [1.807, 2.05) is 6.92 Å². The Morgan fingerprint density at radius 2 is 2.19 bits per heavy atom. The average Bonchev–Trinajstić information content (AvgIpc) is 2.96. The summed E-state index contributed by atoms with van der Waals surface area (Å²) in [7, 11) is 2.16. The van der Waals surface area contributed by atoms with E-state index < -0.39 is 0 Å². The minimum atomic E-state index is 0.310. The van der Waals surface area contributed by atoms with Gasteiger partial charge in [-0.25, -0.2) is 4.98 Å². The van der Waals surface area contributed by atoms with E-state index in [-0.39, 0.29) is 0 Å². The normalized spacial score (nSPS) is 20.1. The molecular weight excluding hydrogens is 284 g/mol. The third-order valence-corrected chi connectivity index (χ3v) is 4.97. The fraction of sp³-hybridized carbons (Fsp3) is 0.600. The van der Waals surface area contributed by atoms with Crippen LogP contribution in [0.4, 0.5) is 0 Å². The molecule has 21 heavy (non-hydrogen) atoms. The van der Waals surface area contributed by atoms with Crippen molar-refractivity contribution in [3.63, 3.8) is 0 Å². The monoisotopic (exact) mass is 306 g/mol. The maximum atomic E-state index is 5.66. The highest BCUT2D eigenvalue weighted by Crippen LogP contribution is 2.28. The summed E-state index contributed by atoms with van der Waals surface area (Å²) in [6.45, 7) is 9.56. The number of ether oxygens (including phenoxy) is 1. The second kappa shape index (κ2) is 5.87. The lowest BCUT2D eigenvalue weighted by atomic mass is 10.0. The van der Waals surface area contributed by atoms with Crippen molar-refractivity contribution in [1.82, 2.24) is 19.7 Å². The minimum Gasteiger partial charge on any atom is -0.378 e. The number of thiazole rings is 1. The summed E-state index contributed by atoms with van der Waals surface area (Å²) in [6, 6.07) is 0.310. The molecule has 1 saturated heterocycles. The lowest BCUT2D eigenvalue weighted by Crippen LogP contribution is -2.37. The van der Waals surface area contributed by atoms with Crippen molar-refractivity contribution in [2.75, 3.05) is 26.8 Å². The topological polar surface area (TPSA) is 43.2 Å². The number of aryl methyl sites for hydroxylation is 2. The zero-order chi connectivity index (χ0) is 15.0. The van der Waals surface area contributed by atoms with Crippen LogP contribution in [0.15, 0.2) is 5.38 Å². The lowest BCUT2D eigenvalue weighted by Gasteiger charge is -2.32. The van der Waals surface area contributed by atoms with Crippen LogP contribution >= 0.6 is 11.3 Å². The highest BCUT2D eigenvalue weighted by Gasteiger charge is 2.27. The molecule has 0 N–H and O–H groups in total. The zero-order valence-electron chi connectivity index (χ0n) is 13.1. The van der Waals surface area contributed by atoms with Gasteiger partial charge in [-0.05, 0) is 27.8 Å².